The molecule has 2 aromatic rings. The topological polar surface area (TPSA) is 42.0 Å². The number of rotatable bonds is 6. The Morgan fingerprint density at radius 1 is 1.09 bits per heavy atom. The van der Waals surface area contributed by atoms with Crippen LogP contribution in [0.1, 0.15) is 105 Å². The van der Waals surface area contributed by atoms with E-state index in [1.54, 1.807) is 12.1 Å². The molecule has 1 heterocycles. The summed E-state index contributed by atoms with van der Waals surface area (Å²) in [5.41, 5.74) is 2.32. The van der Waals surface area contributed by atoms with Crippen molar-refractivity contribution >= 4 is 17.2 Å². The zero-order chi connectivity index (χ0) is 22.9. The molecule has 0 spiro atoms. The van der Waals surface area contributed by atoms with Crippen LogP contribution in [0.3, 0.4) is 0 Å². The van der Waals surface area contributed by atoms with Crippen molar-refractivity contribution in [2.24, 2.45) is 5.92 Å². The highest BCUT2D eigenvalue weighted by Crippen LogP contribution is 2.39. The van der Waals surface area contributed by atoms with Gasteiger partial charge in [0.25, 0.3) is 12.3 Å². The normalized spacial score (nSPS) is 18.1. The number of halogens is 2. The third kappa shape index (κ3) is 5.38. The molecule has 1 aromatic carbocycles. The smallest absolute Gasteiger partial charge is 0.280 e. The Bertz CT molecular complexity index is 953. The number of hydrogen-bond donors (Lipinski definition) is 1. The van der Waals surface area contributed by atoms with E-state index in [-0.39, 0.29) is 22.9 Å². The van der Waals surface area contributed by atoms with Crippen LogP contribution in [0.15, 0.2) is 18.2 Å². The summed E-state index contributed by atoms with van der Waals surface area (Å²) < 4.78 is 27.5. The van der Waals surface area contributed by atoms with Crippen LogP contribution in [0.5, 0.6) is 0 Å². The summed E-state index contributed by atoms with van der Waals surface area (Å²) in [6, 6.07) is 5.45. The lowest BCUT2D eigenvalue weighted by Crippen LogP contribution is -2.39. The van der Waals surface area contributed by atoms with Crippen molar-refractivity contribution in [3.05, 3.63) is 40.0 Å². The first-order valence-corrected chi connectivity index (χ1v) is 12.8. The molecule has 2 aliphatic carbocycles. The van der Waals surface area contributed by atoms with Crippen LogP contribution in [-0.2, 0) is 11.8 Å². The summed E-state index contributed by atoms with van der Waals surface area (Å²) in [4.78, 5) is 18.5. The van der Waals surface area contributed by atoms with E-state index in [9.17, 15) is 13.6 Å². The number of amides is 1. The molecule has 2 saturated carbocycles. The van der Waals surface area contributed by atoms with Crippen molar-refractivity contribution in [1.29, 1.82) is 0 Å². The van der Waals surface area contributed by atoms with Crippen LogP contribution < -0.4 is 5.32 Å². The molecule has 0 radical (unpaired) electrons. The third-order valence-corrected chi connectivity index (χ3v) is 8.02. The summed E-state index contributed by atoms with van der Waals surface area (Å²) in [5, 5.41) is 3.54. The van der Waals surface area contributed by atoms with E-state index in [2.05, 4.69) is 5.32 Å². The summed E-state index contributed by atoms with van der Waals surface area (Å²) in [6.07, 6.45) is 7.55. The van der Waals surface area contributed by atoms with Crippen LogP contribution >= 0.6 is 11.3 Å². The van der Waals surface area contributed by atoms with Gasteiger partial charge in [0.1, 0.15) is 0 Å². The molecule has 174 valence electrons. The maximum absolute atomic E-state index is 13.8. The van der Waals surface area contributed by atoms with E-state index in [0.29, 0.717) is 10.9 Å². The molecule has 1 N–H and O–H groups in total. The number of nitrogens with zero attached hydrogens (tertiary/aromatic N) is 1. The molecule has 4 rings (SSSR count). The molecule has 1 amide bonds. The number of carbonyl (C=O) groups is 1. The van der Waals surface area contributed by atoms with Crippen molar-refractivity contribution in [2.75, 3.05) is 0 Å². The Kier molecular flexibility index (Phi) is 6.99. The van der Waals surface area contributed by atoms with Gasteiger partial charge in [0.15, 0.2) is 5.01 Å². The average molecular weight is 461 g/mol. The monoisotopic (exact) mass is 460 g/mol. The Labute approximate surface area is 194 Å². The number of aromatic nitrogens is 1. The first-order valence-electron chi connectivity index (χ1n) is 12.0. The van der Waals surface area contributed by atoms with Crippen molar-refractivity contribution in [2.45, 2.75) is 96.4 Å². The Balaban J connectivity index is 1.73. The van der Waals surface area contributed by atoms with Crippen LogP contribution in [-0.4, -0.2) is 16.9 Å². The molecule has 2 aliphatic rings. The van der Waals surface area contributed by atoms with E-state index < -0.39 is 6.43 Å². The molecule has 32 heavy (non-hydrogen) atoms. The van der Waals surface area contributed by atoms with Gasteiger partial charge in [0, 0.05) is 11.6 Å². The fourth-order valence-electron chi connectivity index (χ4n) is 4.62. The number of hydrogen-bond acceptors (Lipinski definition) is 3. The number of thiazole rings is 1. The minimum atomic E-state index is -2.54. The quantitative estimate of drug-likeness (QED) is 0.486. The van der Waals surface area contributed by atoms with Gasteiger partial charge in [-0.1, -0.05) is 52.9 Å². The molecule has 0 saturated heterocycles. The number of alkyl halides is 2. The van der Waals surface area contributed by atoms with Crippen molar-refractivity contribution in [3.63, 3.8) is 0 Å². The molecule has 0 aliphatic heterocycles. The average Bonchev–Trinajstić information content (AvgIpc) is 3.14. The first kappa shape index (κ1) is 23.3. The van der Waals surface area contributed by atoms with Crippen LogP contribution in [0.25, 0.3) is 10.4 Å². The zero-order valence-corrected chi connectivity index (χ0v) is 20.2. The molecule has 0 unspecified atom stereocenters. The molecular formula is C26H34F2N2OS. The van der Waals surface area contributed by atoms with Crippen molar-refractivity contribution < 1.29 is 13.6 Å². The van der Waals surface area contributed by atoms with Crippen molar-refractivity contribution in [1.82, 2.24) is 10.3 Å². The molecule has 3 nitrogen and oxygen atoms in total. The Morgan fingerprint density at radius 3 is 2.41 bits per heavy atom. The summed E-state index contributed by atoms with van der Waals surface area (Å²) in [6.45, 7) is 6.11. The number of benzene rings is 1. The van der Waals surface area contributed by atoms with Gasteiger partial charge in [-0.3, -0.25) is 4.79 Å². The largest absolute Gasteiger partial charge is 0.347 e. The fourth-order valence-corrected chi connectivity index (χ4v) is 5.60. The standard InChI is InChI=1S/C26H34F2N2OS/c1-26(2,3)19-14-17(13-18(15-19)23(27)28)22-21(12-16-8-5-4-6-9-16)30-25(32-22)24(31)29-20-10-7-11-20/h13-16,20,23H,4-12H2,1-3H3,(H,29,31). The van der Waals surface area contributed by atoms with Crippen LogP contribution in [0.2, 0.25) is 0 Å². The summed E-state index contributed by atoms with van der Waals surface area (Å²) in [5.74, 6) is 0.421. The van der Waals surface area contributed by atoms with Gasteiger partial charge in [-0.2, -0.15) is 0 Å². The van der Waals surface area contributed by atoms with E-state index >= 15 is 0 Å². The second-order valence-corrected chi connectivity index (χ2v) is 11.5. The summed E-state index contributed by atoms with van der Waals surface area (Å²) >= 11 is 1.36. The maximum Gasteiger partial charge on any atom is 0.280 e. The Hall–Kier alpha value is -1.82. The molecule has 6 heteroatoms. The molecule has 2 fully saturated rings. The van der Waals surface area contributed by atoms with E-state index in [0.717, 1.165) is 47.4 Å². The highest BCUT2D eigenvalue weighted by molar-refractivity contribution is 7.17. The lowest BCUT2D eigenvalue weighted by Gasteiger charge is -2.25. The van der Waals surface area contributed by atoms with E-state index in [1.807, 2.05) is 26.8 Å². The predicted molar refractivity (Wildman–Crippen MR) is 127 cm³/mol. The molecule has 0 bridgehead atoms. The molecule has 1 aromatic heterocycles. The Morgan fingerprint density at radius 2 is 1.81 bits per heavy atom. The highest BCUT2D eigenvalue weighted by atomic mass is 32.1. The lowest BCUT2D eigenvalue weighted by atomic mass is 9.84. The predicted octanol–water partition coefficient (Wildman–Crippen LogP) is 7.45. The van der Waals surface area contributed by atoms with Gasteiger partial charge in [0.2, 0.25) is 0 Å². The van der Waals surface area contributed by atoms with Gasteiger partial charge >= 0.3 is 0 Å². The SMILES string of the molecule is CC(C)(C)c1cc(-c2sc(C(=O)NC3CCC3)nc2CC2CCCCC2)cc(C(F)F)c1. The van der Waals surface area contributed by atoms with Gasteiger partial charge in [-0.25, -0.2) is 13.8 Å². The van der Waals surface area contributed by atoms with Gasteiger partial charge < -0.3 is 5.32 Å². The summed E-state index contributed by atoms with van der Waals surface area (Å²) in [7, 11) is 0. The third-order valence-electron chi connectivity index (χ3n) is 6.87. The van der Waals surface area contributed by atoms with E-state index in [1.165, 1.54) is 43.4 Å². The lowest BCUT2D eigenvalue weighted by molar-refractivity contribution is 0.0916. The second-order valence-electron chi connectivity index (χ2n) is 10.5. The van der Waals surface area contributed by atoms with Gasteiger partial charge in [-0.15, -0.1) is 11.3 Å². The number of nitrogens with one attached hydrogen (secondary N) is 1. The highest BCUT2D eigenvalue weighted by Gasteiger charge is 2.27. The number of carbonyl (C=O) groups excluding carboxylic acids is 1. The van der Waals surface area contributed by atoms with Gasteiger partial charge in [0.05, 0.1) is 10.6 Å². The van der Waals surface area contributed by atoms with E-state index in [4.69, 9.17) is 4.98 Å². The van der Waals surface area contributed by atoms with Crippen LogP contribution in [0, 0.1) is 5.92 Å². The first-order chi connectivity index (χ1) is 15.2. The minimum absolute atomic E-state index is 0.0323. The van der Waals surface area contributed by atoms with Gasteiger partial charge in [-0.05, 0) is 66.3 Å². The van der Waals surface area contributed by atoms with Crippen LogP contribution in [0.4, 0.5) is 8.78 Å². The zero-order valence-electron chi connectivity index (χ0n) is 19.3. The molecular weight excluding hydrogens is 426 g/mol. The minimum Gasteiger partial charge on any atom is -0.347 e. The maximum atomic E-state index is 13.8. The molecule has 0 atom stereocenters. The second kappa shape index (κ2) is 9.58. The van der Waals surface area contributed by atoms with Crippen molar-refractivity contribution in [3.8, 4) is 10.4 Å². The fraction of sp³-hybridized carbons (Fsp3) is 0.615.